The second-order valence-corrected chi connectivity index (χ2v) is 4.39. The van der Waals surface area contributed by atoms with Crippen molar-refractivity contribution in [3.05, 3.63) is 35.9 Å². The minimum Gasteiger partial charge on any atom is -0.446 e. The number of hydrogen-bond acceptors (Lipinski definition) is 2. The largest absolute Gasteiger partial charge is 0.446 e. The summed E-state index contributed by atoms with van der Waals surface area (Å²) in [5.74, 6) is 0. The van der Waals surface area contributed by atoms with Gasteiger partial charge in [0.25, 0.3) is 0 Å². The van der Waals surface area contributed by atoms with Gasteiger partial charge < -0.3 is 4.74 Å². The molecule has 0 N–H and O–H groups in total. The van der Waals surface area contributed by atoms with E-state index in [4.69, 9.17) is 4.74 Å². The summed E-state index contributed by atoms with van der Waals surface area (Å²) in [4.78, 5) is 13.8. The third kappa shape index (κ3) is 2.55. The third-order valence-corrected chi connectivity index (χ3v) is 3.21. The maximum absolute atomic E-state index is 12.2. The normalized spacial score (nSPS) is 13.6. The molecule has 0 bridgehead atoms. The number of fused-ring (bicyclic) bond motifs is 1. The van der Waals surface area contributed by atoms with E-state index in [1.807, 2.05) is 50.3 Å². The summed E-state index contributed by atoms with van der Waals surface area (Å²) in [6.07, 6.45) is 5.49. The number of nitrogens with zero attached hydrogens (tertiary/aromatic N) is 1. The molecule has 2 rings (SSSR count). The molecule has 1 aromatic carbocycles. The highest BCUT2D eigenvalue weighted by molar-refractivity contribution is 5.92. The number of ether oxygens (including phenoxy) is 1. The van der Waals surface area contributed by atoms with Gasteiger partial charge in [0.05, 0.1) is 5.69 Å². The maximum Gasteiger partial charge on any atom is 0.414 e. The fourth-order valence-corrected chi connectivity index (χ4v) is 2.09. The van der Waals surface area contributed by atoms with Crippen molar-refractivity contribution in [3.63, 3.8) is 0 Å². The molecular weight excluding hydrogens is 226 g/mol. The molecule has 0 radical (unpaired) electrons. The van der Waals surface area contributed by atoms with Crippen LogP contribution in [0.3, 0.4) is 0 Å². The summed E-state index contributed by atoms with van der Waals surface area (Å²) in [5, 5.41) is 0. The Kier molecular flexibility index (Phi) is 4.03. The molecule has 3 nitrogen and oxygen atoms in total. The van der Waals surface area contributed by atoms with Gasteiger partial charge in [-0.05, 0) is 24.5 Å². The monoisotopic (exact) mass is 245 g/mol. The molecule has 0 spiro atoms. The Morgan fingerprint density at radius 1 is 1.33 bits per heavy atom. The molecule has 0 aromatic heterocycles. The van der Waals surface area contributed by atoms with E-state index < -0.39 is 0 Å². The minimum atomic E-state index is -0.250. The molecule has 0 saturated carbocycles. The second-order valence-electron chi connectivity index (χ2n) is 4.39. The Balaban J connectivity index is 2.15. The first-order chi connectivity index (χ1) is 8.76. The summed E-state index contributed by atoms with van der Waals surface area (Å²) in [5.41, 5.74) is 1.99. The number of amides is 1. The van der Waals surface area contributed by atoms with Gasteiger partial charge in [-0.3, -0.25) is 4.90 Å². The van der Waals surface area contributed by atoms with Crippen LogP contribution >= 0.6 is 0 Å². The van der Waals surface area contributed by atoms with Crippen molar-refractivity contribution >= 4 is 17.9 Å². The fraction of sp³-hybridized carbons (Fsp3) is 0.400. The van der Waals surface area contributed by atoms with Crippen LogP contribution in [0.1, 0.15) is 32.3 Å². The number of carbonyl (C=O) groups is 1. The lowest BCUT2D eigenvalue weighted by Crippen LogP contribution is -2.35. The van der Waals surface area contributed by atoms with Crippen molar-refractivity contribution in [2.45, 2.75) is 32.8 Å². The average Bonchev–Trinajstić information content (AvgIpc) is 2.43. The lowest BCUT2D eigenvalue weighted by atomic mass is 10.1. The van der Waals surface area contributed by atoms with Crippen LogP contribution < -0.4 is 4.90 Å². The topological polar surface area (TPSA) is 29.5 Å². The Morgan fingerprint density at radius 2 is 2.06 bits per heavy atom. The van der Waals surface area contributed by atoms with Crippen molar-refractivity contribution in [2.75, 3.05) is 11.4 Å². The molecule has 1 aromatic rings. The molecule has 1 aliphatic heterocycles. The maximum atomic E-state index is 12.2. The summed E-state index contributed by atoms with van der Waals surface area (Å²) < 4.78 is 5.50. The molecule has 1 aliphatic rings. The molecule has 1 amide bonds. The van der Waals surface area contributed by atoms with Crippen LogP contribution in [0.4, 0.5) is 10.5 Å². The van der Waals surface area contributed by atoms with E-state index >= 15 is 0 Å². The van der Waals surface area contributed by atoms with E-state index in [0.717, 1.165) is 24.1 Å². The second kappa shape index (κ2) is 5.71. The Labute approximate surface area is 108 Å². The van der Waals surface area contributed by atoms with E-state index in [9.17, 15) is 4.79 Å². The predicted octanol–water partition coefficient (Wildman–Crippen LogP) is 3.85. The van der Waals surface area contributed by atoms with Crippen LogP contribution in [-0.2, 0) is 4.74 Å². The number of rotatable bonds is 3. The molecule has 96 valence electrons. The smallest absolute Gasteiger partial charge is 0.414 e. The lowest BCUT2D eigenvalue weighted by Gasteiger charge is -2.27. The SMILES string of the molecule is CCC(CC)OC(=O)N1CC=Cc2ccccc21. The van der Waals surface area contributed by atoms with Crippen LogP contribution in [0.25, 0.3) is 6.08 Å². The van der Waals surface area contributed by atoms with Crippen LogP contribution in [0.15, 0.2) is 30.3 Å². The molecular formula is C15H19NO2. The highest BCUT2D eigenvalue weighted by atomic mass is 16.6. The molecule has 3 heteroatoms. The molecule has 18 heavy (non-hydrogen) atoms. The van der Waals surface area contributed by atoms with Crippen molar-refractivity contribution < 1.29 is 9.53 Å². The number of para-hydroxylation sites is 1. The van der Waals surface area contributed by atoms with Gasteiger partial charge in [-0.25, -0.2) is 4.79 Å². The zero-order valence-electron chi connectivity index (χ0n) is 10.9. The minimum absolute atomic E-state index is 0.00979. The quantitative estimate of drug-likeness (QED) is 0.809. The number of benzene rings is 1. The third-order valence-electron chi connectivity index (χ3n) is 3.21. The number of hydrogen-bond donors (Lipinski definition) is 0. The Morgan fingerprint density at radius 3 is 2.78 bits per heavy atom. The van der Waals surface area contributed by atoms with Gasteiger partial charge >= 0.3 is 6.09 Å². The van der Waals surface area contributed by atoms with Crippen LogP contribution in [-0.4, -0.2) is 18.7 Å². The predicted molar refractivity (Wildman–Crippen MR) is 73.7 cm³/mol. The standard InChI is InChI=1S/C15H19NO2/c1-3-13(4-2)18-15(17)16-11-7-9-12-8-5-6-10-14(12)16/h5-10,13H,3-4,11H2,1-2H3. The van der Waals surface area contributed by atoms with Crippen molar-refractivity contribution in [3.8, 4) is 0 Å². The summed E-state index contributed by atoms with van der Waals surface area (Å²) >= 11 is 0. The molecule has 0 atom stereocenters. The zero-order chi connectivity index (χ0) is 13.0. The van der Waals surface area contributed by atoms with E-state index in [1.54, 1.807) is 4.90 Å². The highest BCUT2D eigenvalue weighted by Gasteiger charge is 2.22. The van der Waals surface area contributed by atoms with Gasteiger partial charge in [-0.1, -0.05) is 44.2 Å². The van der Waals surface area contributed by atoms with Gasteiger partial charge in [0.15, 0.2) is 0 Å². The molecule has 0 fully saturated rings. The van der Waals surface area contributed by atoms with Crippen molar-refractivity contribution in [1.82, 2.24) is 0 Å². The molecule has 0 saturated heterocycles. The molecule has 1 heterocycles. The first-order valence-corrected chi connectivity index (χ1v) is 6.50. The van der Waals surface area contributed by atoms with Gasteiger partial charge in [-0.2, -0.15) is 0 Å². The van der Waals surface area contributed by atoms with Crippen LogP contribution in [0, 0.1) is 0 Å². The summed E-state index contributed by atoms with van der Waals surface area (Å²) in [6.45, 7) is 4.65. The van der Waals surface area contributed by atoms with E-state index in [-0.39, 0.29) is 12.2 Å². The number of anilines is 1. The molecule has 0 unspecified atom stereocenters. The highest BCUT2D eigenvalue weighted by Crippen LogP contribution is 2.26. The Bertz CT molecular complexity index is 450. The Hall–Kier alpha value is -1.77. The van der Waals surface area contributed by atoms with Crippen molar-refractivity contribution in [2.24, 2.45) is 0 Å². The first kappa shape index (κ1) is 12.7. The van der Waals surface area contributed by atoms with Crippen LogP contribution in [0.5, 0.6) is 0 Å². The van der Waals surface area contributed by atoms with Gasteiger partial charge in [0.1, 0.15) is 6.10 Å². The molecule has 0 aliphatic carbocycles. The first-order valence-electron chi connectivity index (χ1n) is 6.50. The van der Waals surface area contributed by atoms with Gasteiger partial charge in [0, 0.05) is 6.54 Å². The van der Waals surface area contributed by atoms with E-state index in [2.05, 4.69) is 0 Å². The van der Waals surface area contributed by atoms with Crippen molar-refractivity contribution in [1.29, 1.82) is 0 Å². The lowest BCUT2D eigenvalue weighted by molar-refractivity contribution is 0.0996. The fourth-order valence-electron chi connectivity index (χ4n) is 2.09. The summed E-state index contributed by atoms with van der Waals surface area (Å²) in [6, 6.07) is 7.86. The number of carbonyl (C=O) groups excluding carboxylic acids is 1. The van der Waals surface area contributed by atoms with E-state index in [1.165, 1.54) is 0 Å². The van der Waals surface area contributed by atoms with Gasteiger partial charge in [0.2, 0.25) is 0 Å². The zero-order valence-corrected chi connectivity index (χ0v) is 10.9. The van der Waals surface area contributed by atoms with Crippen LogP contribution in [0.2, 0.25) is 0 Å². The van der Waals surface area contributed by atoms with E-state index in [0.29, 0.717) is 6.54 Å². The van der Waals surface area contributed by atoms with Gasteiger partial charge in [-0.15, -0.1) is 0 Å². The summed E-state index contributed by atoms with van der Waals surface area (Å²) in [7, 11) is 0. The average molecular weight is 245 g/mol.